The molecule has 7 heteroatoms. The van der Waals surface area contributed by atoms with Crippen LogP contribution >= 0.6 is 0 Å². The first-order valence-corrected chi connectivity index (χ1v) is 8.26. The number of nitrogens with zero attached hydrogens (tertiary/aromatic N) is 5. The normalized spacial score (nSPS) is 21.4. The largest absolute Gasteiger partial charge is 0.380 e. The number of hydrogen-bond donors (Lipinski definition) is 1. The average Bonchev–Trinajstić information content (AvgIpc) is 3.11. The highest BCUT2D eigenvalue weighted by molar-refractivity contribution is 5.26. The highest BCUT2D eigenvalue weighted by atomic mass is 16.5. The summed E-state index contributed by atoms with van der Waals surface area (Å²) < 4.78 is 5.60. The number of methoxy groups -OCH3 is 1. The van der Waals surface area contributed by atoms with Crippen molar-refractivity contribution in [2.75, 3.05) is 32.6 Å². The fourth-order valence-corrected chi connectivity index (χ4v) is 3.12. The molecule has 1 saturated heterocycles. The van der Waals surface area contributed by atoms with E-state index < -0.39 is 0 Å². The van der Waals surface area contributed by atoms with E-state index in [1.807, 2.05) is 38.3 Å². The van der Waals surface area contributed by atoms with Crippen molar-refractivity contribution >= 4 is 5.95 Å². The van der Waals surface area contributed by atoms with Crippen LogP contribution in [-0.2, 0) is 11.3 Å². The van der Waals surface area contributed by atoms with Crippen molar-refractivity contribution in [3.63, 3.8) is 0 Å². The Labute approximate surface area is 143 Å². The minimum Gasteiger partial charge on any atom is -0.380 e. The van der Waals surface area contributed by atoms with Crippen LogP contribution in [0.5, 0.6) is 0 Å². The molecular weight excluding hydrogens is 304 g/mol. The Morgan fingerprint density at radius 2 is 2.00 bits per heavy atom. The lowest BCUT2D eigenvalue weighted by atomic mass is 10.2. The van der Waals surface area contributed by atoms with Crippen LogP contribution < -0.4 is 4.90 Å². The predicted octanol–water partition coefficient (Wildman–Crippen LogP) is 1.84. The molecule has 3 heterocycles. The Hall–Kier alpha value is -1.99. The molecule has 3 rings (SSSR count). The van der Waals surface area contributed by atoms with Gasteiger partial charge >= 0.3 is 0 Å². The summed E-state index contributed by atoms with van der Waals surface area (Å²) in [6.45, 7) is 5.77. The number of ether oxygens (including phenoxy) is 1. The smallest absolute Gasteiger partial charge is 0.224 e. The number of rotatable bonds is 5. The lowest BCUT2D eigenvalue weighted by Gasteiger charge is -2.22. The maximum Gasteiger partial charge on any atom is 0.224 e. The highest BCUT2D eigenvalue weighted by Gasteiger charge is 2.35. The summed E-state index contributed by atoms with van der Waals surface area (Å²) in [6, 6.07) is 0.232. The third kappa shape index (κ3) is 3.42. The van der Waals surface area contributed by atoms with E-state index in [2.05, 4.69) is 26.8 Å². The summed E-state index contributed by atoms with van der Waals surface area (Å²) >= 11 is 0. The van der Waals surface area contributed by atoms with E-state index in [0.29, 0.717) is 0 Å². The van der Waals surface area contributed by atoms with Crippen LogP contribution in [0.3, 0.4) is 0 Å². The lowest BCUT2D eigenvalue weighted by molar-refractivity contribution is 0.107. The fourth-order valence-electron chi connectivity index (χ4n) is 3.12. The second-order valence-corrected chi connectivity index (χ2v) is 6.66. The van der Waals surface area contributed by atoms with Crippen molar-refractivity contribution in [2.24, 2.45) is 0 Å². The fraction of sp³-hybridized carbons (Fsp3) is 0.588. The molecule has 0 saturated carbocycles. The number of aryl methyl sites for hydroxylation is 2. The van der Waals surface area contributed by atoms with E-state index in [-0.39, 0.29) is 12.1 Å². The van der Waals surface area contributed by atoms with E-state index in [0.717, 1.165) is 48.2 Å². The van der Waals surface area contributed by atoms with Gasteiger partial charge in [-0.15, -0.1) is 0 Å². The molecule has 0 amide bonds. The number of imidazole rings is 1. The molecule has 0 aliphatic carbocycles. The van der Waals surface area contributed by atoms with Crippen molar-refractivity contribution in [2.45, 2.75) is 39.0 Å². The number of likely N-dealkylation sites (tertiary alicyclic amines) is 1. The number of aromatic amines is 1. The molecule has 130 valence electrons. The van der Waals surface area contributed by atoms with Crippen molar-refractivity contribution in [1.82, 2.24) is 24.8 Å². The van der Waals surface area contributed by atoms with Gasteiger partial charge in [0.05, 0.1) is 17.8 Å². The number of hydrogen-bond acceptors (Lipinski definition) is 6. The van der Waals surface area contributed by atoms with Gasteiger partial charge in [0.15, 0.2) is 0 Å². The first-order chi connectivity index (χ1) is 11.5. The van der Waals surface area contributed by atoms with Gasteiger partial charge in [0.1, 0.15) is 5.82 Å². The summed E-state index contributed by atoms with van der Waals surface area (Å²) in [5, 5.41) is 0. The van der Waals surface area contributed by atoms with Crippen molar-refractivity contribution < 1.29 is 4.74 Å². The van der Waals surface area contributed by atoms with Crippen LogP contribution in [-0.4, -0.2) is 58.7 Å². The minimum absolute atomic E-state index is 0.225. The summed E-state index contributed by atoms with van der Waals surface area (Å²) in [7, 11) is 5.66. The second-order valence-electron chi connectivity index (χ2n) is 6.66. The third-order valence-electron chi connectivity index (χ3n) is 4.64. The zero-order valence-corrected chi connectivity index (χ0v) is 15.1. The molecule has 1 fully saturated rings. The van der Waals surface area contributed by atoms with Gasteiger partial charge in [-0.1, -0.05) is 0 Å². The van der Waals surface area contributed by atoms with Crippen LogP contribution in [0, 0.1) is 13.8 Å². The van der Waals surface area contributed by atoms with Gasteiger partial charge < -0.3 is 14.6 Å². The van der Waals surface area contributed by atoms with Crippen molar-refractivity contribution in [3.8, 4) is 0 Å². The lowest BCUT2D eigenvalue weighted by Crippen LogP contribution is -2.25. The van der Waals surface area contributed by atoms with E-state index in [4.69, 9.17) is 9.72 Å². The molecule has 0 bridgehead atoms. The maximum atomic E-state index is 5.60. The number of H-pyrrole nitrogens is 1. The third-order valence-corrected chi connectivity index (χ3v) is 4.64. The SMILES string of the molecule is CO[C@@H]1C[C@@H](c2nc(C)c(C)[nH]2)N(Cc2cnc(N(C)C)nc2)C1. The van der Waals surface area contributed by atoms with E-state index >= 15 is 0 Å². The van der Waals surface area contributed by atoms with Crippen LogP contribution in [0.2, 0.25) is 0 Å². The standard InChI is InChI=1S/C17H26N6O/c1-11-12(2)21-16(20-11)15-6-14(24-5)10-23(15)9-13-7-18-17(19-8-13)22(3)4/h7-8,14-15H,6,9-10H2,1-5H3,(H,20,21)/t14-,15+/m1/s1. The zero-order valence-electron chi connectivity index (χ0n) is 15.1. The van der Waals surface area contributed by atoms with Crippen LogP contribution in [0.4, 0.5) is 5.95 Å². The summed E-state index contributed by atoms with van der Waals surface area (Å²) in [6.07, 6.45) is 4.97. The summed E-state index contributed by atoms with van der Waals surface area (Å²) in [5.74, 6) is 1.75. The molecule has 0 aromatic carbocycles. The minimum atomic E-state index is 0.225. The Balaban J connectivity index is 1.78. The molecule has 0 radical (unpaired) electrons. The van der Waals surface area contributed by atoms with Gasteiger partial charge in [-0.3, -0.25) is 4.90 Å². The topological polar surface area (TPSA) is 70.2 Å². The molecule has 2 aromatic rings. The Kier molecular flexibility index (Phi) is 4.82. The van der Waals surface area contributed by atoms with E-state index in [1.54, 1.807) is 7.11 Å². The Morgan fingerprint density at radius 3 is 2.54 bits per heavy atom. The number of aromatic nitrogens is 4. The van der Waals surface area contributed by atoms with Crippen LogP contribution in [0.1, 0.15) is 35.2 Å². The zero-order chi connectivity index (χ0) is 17.3. The Bertz CT molecular complexity index is 661. The van der Waals surface area contributed by atoms with Gasteiger partial charge in [0, 0.05) is 57.9 Å². The number of nitrogens with one attached hydrogen (secondary N) is 1. The number of anilines is 1. The van der Waals surface area contributed by atoms with Crippen LogP contribution in [0.25, 0.3) is 0 Å². The average molecular weight is 330 g/mol. The molecule has 1 N–H and O–H groups in total. The molecule has 0 unspecified atom stereocenters. The van der Waals surface area contributed by atoms with Crippen LogP contribution in [0.15, 0.2) is 12.4 Å². The summed E-state index contributed by atoms with van der Waals surface area (Å²) in [5.41, 5.74) is 3.29. The molecule has 1 aliphatic rings. The van der Waals surface area contributed by atoms with Gasteiger partial charge in [0.2, 0.25) is 5.95 Å². The predicted molar refractivity (Wildman–Crippen MR) is 93.0 cm³/mol. The van der Waals surface area contributed by atoms with Gasteiger partial charge in [-0.05, 0) is 20.3 Å². The quantitative estimate of drug-likeness (QED) is 0.902. The first kappa shape index (κ1) is 16.9. The molecule has 1 aliphatic heterocycles. The first-order valence-electron chi connectivity index (χ1n) is 8.26. The Morgan fingerprint density at radius 1 is 1.29 bits per heavy atom. The highest BCUT2D eigenvalue weighted by Crippen LogP contribution is 2.33. The van der Waals surface area contributed by atoms with E-state index in [1.165, 1.54) is 0 Å². The van der Waals surface area contributed by atoms with Gasteiger partial charge in [0.25, 0.3) is 0 Å². The molecule has 2 atom stereocenters. The van der Waals surface area contributed by atoms with Gasteiger partial charge in [-0.2, -0.15) is 0 Å². The molecular formula is C17H26N6O. The molecule has 2 aromatic heterocycles. The molecule has 0 spiro atoms. The second kappa shape index (κ2) is 6.86. The van der Waals surface area contributed by atoms with Crippen molar-refractivity contribution in [1.29, 1.82) is 0 Å². The summed E-state index contributed by atoms with van der Waals surface area (Å²) in [4.78, 5) is 21.2. The molecule has 7 nitrogen and oxygen atoms in total. The molecule has 24 heavy (non-hydrogen) atoms. The van der Waals surface area contributed by atoms with Gasteiger partial charge in [-0.25, -0.2) is 15.0 Å². The van der Waals surface area contributed by atoms with E-state index in [9.17, 15) is 0 Å². The van der Waals surface area contributed by atoms with Crippen molar-refractivity contribution in [3.05, 3.63) is 35.2 Å². The monoisotopic (exact) mass is 330 g/mol. The maximum absolute atomic E-state index is 5.60.